The molecule has 1 aliphatic rings. The lowest BCUT2D eigenvalue weighted by molar-refractivity contribution is 0.886. The number of nitrogens with one attached hydrogen (secondary N) is 1. The molecule has 0 spiro atoms. The van der Waals surface area contributed by atoms with Crippen LogP contribution in [0.5, 0.6) is 0 Å². The highest BCUT2D eigenvalue weighted by atomic mass is 32.2. The van der Waals surface area contributed by atoms with Gasteiger partial charge < -0.3 is 5.73 Å². The van der Waals surface area contributed by atoms with Gasteiger partial charge in [0.05, 0.1) is 5.25 Å². The van der Waals surface area contributed by atoms with Gasteiger partial charge >= 0.3 is 0 Å². The van der Waals surface area contributed by atoms with Gasteiger partial charge in [0.1, 0.15) is 5.84 Å². The molecule has 0 aromatic rings. The molecule has 1 saturated carbocycles. The van der Waals surface area contributed by atoms with Crippen LogP contribution in [0.1, 0.15) is 32.6 Å². The first-order valence-corrected chi connectivity index (χ1v) is 5.14. The van der Waals surface area contributed by atoms with Gasteiger partial charge in [0.15, 0.2) is 0 Å². The first-order chi connectivity index (χ1) is 5.20. The Morgan fingerprint density at radius 1 is 1.55 bits per heavy atom. The average Bonchev–Trinajstić information content (AvgIpc) is 2.39. The molecule has 64 valence electrons. The van der Waals surface area contributed by atoms with Crippen molar-refractivity contribution in [1.29, 1.82) is 5.41 Å². The van der Waals surface area contributed by atoms with E-state index in [0.717, 1.165) is 5.25 Å². The molecule has 0 heterocycles. The molecule has 1 atom stereocenters. The van der Waals surface area contributed by atoms with Gasteiger partial charge in [-0.2, -0.15) is 0 Å². The van der Waals surface area contributed by atoms with E-state index < -0.39 is 0 Å². The van der Waals surface area contributed by atoms with E-state index in [1.165, 1.54) is 25.7 Å². The zero-order valence-corrected chi connectivity index (χ0v) is 7.79. The van der Waals surface area contributed by atoms with E-state index in [1.807, 2.05) is 18.7 Å². The second-order valence-corrected chi connectivity index (χ2v) is 4.79. The molecular weight excluding hydrogens is 156 g/mol. The highest BCUT2D eigenvalue weighted by Gasteiger charge is 2.19. The minimum absolute atomic E-state index is 0.220. The zero-order chi connectivity index (χ0) is 8.27. The van der Waals surface area contributed by atoms with E-state index in [2.05, 4.69) is 0 Å². The van der Waals surface area contributed by atoms with Gasteiger partial charge in [-0.05, 0) is 19.8 Å². The minimum Gasteiger partial charge on any atom is -0.387 e. The van der Waals surface area contributed by atoms with Crippen LogP contribution in [0.3, 0.4) is 0 Å². The smallest absolute Gasteiger partial charge is 0.104 e. The molecule has 0 bridgehead atoms. The first kappa shape index (κ1) is 8.91. The summed E-state index contributed by atoms with van der Waals surface area (Å²) in [6, 6.07) is 0. The average molecular weight is 172 g/mol. The topological polar surface area (TPSA) is 49.9 Å². The zero-order valence-electron chi connectivity index (χ0n) is 6.97. The highest BCUT2D eigenvalue weighted by Crippen LogP contribution is 2.31. The van der Waals surface area contributed by atoms with Gasteiger partial charge in [-0.3, -0.25) is 5.41 Å². The second kappa shape index (κ2) is 4.00. The second-order valence-electron chi connectivity index (χ2n) is 3.14. The van der Waals surface area contributed by atoms with Crippen molar-refractivity contribution in [2.24, 2.45) is 5.73 Å². The lowest BCUT2D eigenvalue weighted by Crippen LogP contribution is -2.23. The molecule has 3 heteroatoms. The summed E-state index contributed by atoms with van der Waals surface area (Å²) in [6.45, 7) is 2.02. The molecule has 1 unspecified atom stereocenters. The van der Waals surface area contributed by atoms with Crippen LogP contribution in [0.15, 0.2) is 0 Å². The van der Waals surface area contributed by atoms with Crippen LogP contribution in [0.2, 0.25) is 0 Å². The number of hydrogen-bond donors (Lipinski definition) is 2. The van der Waals surface area contributed by atoms with Crippen LogP contribution in [-0.2, 0) is 0 Å². The minimum atomic E-state index is 0.220. The molecule has 0 radical (unpaired) electrons. The van der Waals surface area contributed by atoms with Crippen LogP contribution in [0, 0.1) is 5.41 Å². The van der Waals surface area contributed by atoms with Crippen molar-refractivity contribution in [2.45, 2.75) is 43.1 Å². The molecule has 0 aromatic carbocycles. The van der Waals surface area contributed by atoms with E-state index in [1.54, 1.807) is 0 Å². The van der Waals surface area contributed by atoms with E-state index >= 15 is 0 Å². The van der Waals surface area contributed by atoms with Gasteiger partial charge in [-0.1, -0.05) is 12.8 Å². The number of amidine groups is 1. The maximum Gasteiger partial charge on any atom is 0.104 e. The maximum atomic E-state index is 7.22. The van der Waals surface area contributed by atoms with Crippen molar-refractivity contribution in [3.05, 3.63) is 0 Å². The summed E-state index contributed by atoms with van der Waals surface area (Å²) in [6.07, 6.45) is 5.37. The van der Waals surface area contributed by atoms with Crippen molar-refractivity contribution >= 4 is 17.6 Å². The van der Waals surface area contributed by atoms with Crippen LogP contribution in [-0.4, -0.2) is 16.3 Å². The molecule has 1 rings (SSSR count). The Labute approximate surface area is 72.4 Å². The third-order valence-corrected chi connectivity index (χ3v) is 3.66. The van der Waals surface area contributed by atoms with E-state index in [0.29, 0.717) is 5.84 Å². The molecule has 0 saturated heterocycles. The van der Waals surface area contributed by atoms with Crippen molar-refractivity contribution < 1.29 is 0 Å². The van der Waals surface area contributed by atoms with E-state index in [9.17, 15) is 0 Å². The molecular formula is C8H16N2S. The Bertz CT molecular complexity index is 141. The van der Waals surface area contributed by atoms with Crippen LogP contribution in [0.25, 0.3) is 0 Å². The quantitative estimate of drug-likeness (QED) is 0.505. The van der Waals surface area contributed by atoms with E-state index in [4.69, 9.17) is 11.1 Å². The predicted octanol–water partition coefficient (Wildman–Crippen LogP) is 1.99. The summed E-state index contributed by atoms with van der Waals surface area (Å²) < 4.78 is 0. The van der Waals surface area contributed by atoms with E-state index in [-0.39, 0.29) is 5.25 Å². The summed E-state index contributed by atoms with van der Waals surface area (Å²) >= 11 is 1.87. The van der Waals surface area contributed by atoms with Gasteiger partial charge in [0, 0.05) is 5.25 Å². The number of hydrogen-bond acceptors (Lipinski definition) is 2. The van der Waals surface area contributed by atoms with Gasteiger partial charge in [-0.15, -0.1) is 11.8 Å². The number of thioether (sulfide) groups is 1. The summed E-state index contributed by atoms with van der Waals surface area (Å²) in [7, 11) is 0. The van der Waals surface area contributed by atoms with Crippen molar-refractivity contribution in [3.63, 3.8) is 0 Å². The fourth-order valence-electron chi connectivity index (χ4n) is 1.39. The Balaban J connectivity index is 2.23. The molecule has 0 aliphatic heterocycles. The Morgan fingerprint density at radius 2 is 2.09 bits per heavy atom. The normalized spacial score (nSPS) is 21.9. The van der Waals surface area contributed by atoms with Crippen LogP contribution < -0.4 is 5.73 Å². The van der Waals surface area contributed by atoms with Gasteiger partial charge in [0.25, 0.3) is 0 Å². The maximum absolute atomic E-state index is 7.22. The van der Waals surface area contributed by atoms with Crippen molar-refractivity contribution in [2.75, 3.05) is 0 Å². The summed E-state index contributed by atoms with van der Waals surface area (Å²) in [5.41, 5.74) is 5.38. The summed E-state index contributed by atoms with van der Waals surface area (Å²) in [5, 5.41) is 8.21. The highest BCUT2D eigenvalue weighted by molar-refractivity contribution is 8.01. The molecule has 0 aromatic heterocycles. The van der Waals surface area contributed by atoms with Crippen molar-refractivity contribution in [3.8, 4) is 0 Å². The third kappa shape index (κ3) is 2.73. The lowest BCUT2D eigenvalue weighted by atomic mass is 10.4. The predicted molar refractivity (Wildman–Crippen MR) is 51.2 cm³/mol. The number of nitrogens with two attached hydrogens (primary N) is 1. The first-order valence-electron chi connectivity index (χ1n) is 4.19. The Kier molecular flexibility index (Phi) is 3.24. The monoisotopic (exact) mass is 172 g/mol. The summed E-state index contributed by atoms with van der Waals surface area (Å²) in [5.74, 6) is 0.321. The lowest BCUT2D eigenvalue weighted by Gasteiger charge is -2.13. The van der Waals surface area contributed by atoms with Crippen LogP contribution >= 0.6 is 11.8 Å². The Morgan fingerprint density at radius 3 is 2.55 bits per heavy atom. The largest absolute Gasteiger partial charge is 0.387 e. The molecule has 1 fully saturated rings. The molecule has 3 N–H and O–H groups in total. The van der Waals surface area contributed by atoms with Gasteiger partial charge in [-0.25, -0.2) is 0 Å². The summed E-state index contributed by atoms with van der Waals surface area (Å²) in [4.78, 5) is 0. The molecule has 2 nitrogen and oxygen atoms in total. The standard InChI is InChI=1S/C8H16N2S/c1-6(8(9)10)11-7-4-2-3-5-7/h6-7H,2-5H2,1H3,(H3,9,10). The molecule has 11 heavy (non-hydrogen) atoms. The third-order valence-electron chi connectivity index (χ3n) is 2.14. The Hall–Kier alpha value is -0.180. The number of rotatable bonds is 3. The molecule has 1 aliphatic carbocycles. The SMILES string of the molecule is CC(SC1CCCC1)C(=N)N. The van der Waals surface area contributed by atoms with Crippen LogP contribution in [0.4, 0.5) is 0 Å². The molecule has 0 amide bonds. The van der Waals surface area contributed by atoms with Crippen molar-refractivity contribution in [1.82, 2.24) is 0 Å². The fourth-order valence-corrected chi connectivity index (χ4v) is 2.72. The van der Waals surface area contributed by atoms with Gasteiger partial charge in [0.2, 0.25) is 0 Å². The fraction of sp³-hybridized carbons (Fsp3) is 0.875.